The molecule has 0 aliphatic rings. The van der Waals surface area contributed by atoms with Crippen LogP contribution < -0.4 is 5.32 Å². The van der Waals surface area contributed by atoms with Crippen molar-refractivity contribution in [1.82, 2.24) is 5.32 Å². The third-order valence-corrected chi connectivity index (χ3v) is 13.0. The normalized spacial score (nSPS) is 13.7. The number of unbranched alkanes of at least 4 members (excludes halogenated alkanes) is 30. The van der Waals surface area contributed by atoms with E-state index in [-0.39, 0.29) is 24.9 Å². The molecule has 0 spiro atoms. The average Bonchev–Trinajstić information content (AvgIpc) is 3.33. The zero-order valence-corrected chi connectivity index (χ0v) is 45.0. The van der Waals surface area contributed by atoms with Crippen LogP contribution in [0.1, 0.15) is 284 Å². The maximum absolute atomic E-state index is 13.2. The first-order valence-corrected chi connectivity index (χ1v) is 29.2. The minimum absolute atomic E-state index is 0.0465. The standard InChI is InChI=1S/C62H111NO5/c1-4-7-10-13-16-19-22-25-28-30-33-35-38-41-44-47-50-53-58(68-62(67)55-52-49-46-43-40-37-34-31-29-26-23-20-17-14-11-8-5-2)56-61(66)63-59(57-64)60(65)54-51-48-45-42-39-36-32-27-24-21-18-15-12-9-6-3/h7,10,16,19,25,28,33,35,41,44,50,53,58-60,64-65H,4-6,8-9,11-15,17-18,20-24,26-27,29-32,34,36-40,42-43,45-49,51-52,54-57H2,1-3H3,(H,63,66)/b10-7-,19-16-,28-25-,35-33-,44-41-,53-50-. The van der Waals surface area contributed by atoms with Gasteiger partial charge in [-0.1, -0.05) is 287 Å². The number of allylic oxidation sites excluding steroid dienone is 11. The second-order valence-corrected chi connectivity index (χ2v) is 19.7. The number of carbonyl (C=O) groups is 2. The Morgan fingerprint density at radius 1 is 0.441 bits per heavy atom. The molecule has 0 radical (unpaired) electrons. The Kier molecular flexibility index (Phi) is 53.0. The van der Waals surface area contributed by atoms with Gasteiger partial charge in [0.15, 0.2) is 0 Å². The first-order valence-electron chi connectivity index (χ1n) is 29.2. The van der Waals surface area contributed by atoms with Crippen LogP contribution in [0.3, 0.4) is 0 Å². The van der Waals surface area contributed by atoms with Crippen LogP contribution in [0.5, 0.6) is 0 Å². The SMILES string of the molecule is CC/C=C\C/C=C\C/C=C\C/C=C\C/C=C\C/C=C\C(CC(=O)NC(CO)C(O)CCCCCCCCCCCCCCCCC)OC(=O)CCCCCCCCCCCCCCCCCCC. The lowest BCUT2D eigenvalue weighted by Crippen LogP contribution is -2.46. The molecule has 3 N–H and O–H groups in total. The van der Waals surface area contributed by atoms with Gasteiger partial charge in [0, 0.05) is 6.42 Å². The first kappa shape index (κ1) is 65.3. The van der Waals surface area contributed by atoms with Gasteiger partial charge in [0.25, 0.3) is 0 Å². The number of hydrogen-bond donors (Lipinski definition) is 3. The van der Waals surface area contributed by atoms with Gasteiger partial charge in [0.2, 0.25) is 5.91 Å². The second-order valence-electron chi connectivity index (χ2n) is 19.7. The smallest absolute Gasteiger partial charge is 0.306 e. The summed E-state index contributed by atoms with van der Waals surface area (Å²) in [7, 11) is 0. The molecule has 0 heterocycles. The Hall–Kier alpha value is -2.70. The van der Waals surface area contributed by atoms with Gasteiger partial charge in [-0.15, -0.1) is 0 Å². The number of hydrogen-bond acceptors (Lipinski definition) is 5. The maximum Gasteiger partial charge on any atom is 0.306 e. The summed E-state index contributed by atoms with van der Waals surface area (Å²) in [5.41, 5.74) is 0. The molecule has 6 heteroatoms. The van der Waals surface area contributed by atoms with Crippen LogP contribution in [0.2, 0.25) is 0 Å². The van der Waals surface area contributed by atoms with Gasteiger partial charge in [0.05, 0.1) is 25.2 Å². The van der Waals surface area contributed by atoms with E-state index < -0.39 is 18.2 Å². The molecule has 68 heavy (non-hydrogen) atoms. The van der Waals surface area contributed by atoms with Crippen LogP contribution in [-0.2, 0) is 14.3 Å². The molecule has 0 aromatic rings. The van der Waals surface area contributed by atoms with E-state index in [4.69, 9.17) is 4.74 Å². The molecule has 0 saturated carbocycles. The maximum atomic E-state index is 13.2. The number of carbonyl (C=O) groups excluding carboxylic acids is 2. The molecule has 3 unspecified atom stereocenters. The Balaban J connectivity index is 4.69. The minimum atomic E-state index is -0.822. The van der Waals surface area contributed by atoms with E-state index in [9.17, 15) is 19.8 Å². The van der Waals surface area contributed by atoms with Crippen molar-refractivity contribution >= 4 is 11.9 Å². The Bertz CT molecular complexity index is 1250. The lowest BCUT2D eigenvalue weighted by molar-refractivity contribution is -0.148. The monoisotopic (exact) mass is 950 g/mol. The van der Waals surface area contributed by atoms with E-state index in [1.807, 2.05) is 12.2 Å². The summed E-state index contributed by atoms with van der Waals surface area (Å²) in [6.07, 6.45) is 71.4. The number of amides is 1. The van der Waals surface area contributed by atoms with Gasteiger partial charge in [-0.3, -0.25) is 9.59 Å². The summed E-state index contributed by atoms with van der Waals surface area (Å²) < 4.78 is 5.85. The highest BCUT2D eigenvalue weighted by molar-refractivity contribution is 5.78. The van der Waals surface area contributed by atoms with Crippen LogP contribution >= 0.6 is 0 Å². The molecule has 1 amide bonds. The fraction of sp³-hybridized carbons (Fsp3) is 0.774. The molecule has 0 aromatic carbocycles. The van der Waals surface area contributed by atoms with Crippen LogP contribution in [0.25, 0.3) is 0 Å². The molecule has 0 aliphatic heterocycles. The van der Waals surface area contributed by atoms with Crippen molar-refractivity contribution in [2.45, 2.75) is 302 Å². The summed E-state index contributed by atoms with van der Waals surface area (Å²) in [5, 5.41) is 23.8. The van der Waals surface area contributed by atoms with Crippen molar-refractivity contribution in [3.8, 4) is 0 Å². The van der Waals surface area contributed by atoms with E-state index in [1.165, 1.54) is 167 Å². The fourth-order valence-electron chi connectivity index (χ4n) is 8.66. The van der Waals surface area contributed by atoms with Crippen molar-refractivity contribution in [2.24, 2.45) is 0 Å². The zero-order chi connectivity index (χ0) is 49.5. The fourth-order valence-corrected chi connectivity index (χ4v) is 8.66. The topological polar surface area (TPSA) is 95.9 Å². The second kappa shape index (κ2) is 55.2. The highest BCUT2D eigenvalue weighted by atomic mass is 16.5. The average molecular weight is 951 g/mol. The lowest BCUT2D eigenvalue weighted by atomic mass is 10.0. The highest BCUT2D eigenvalue weighted by Gasteiger charge is 2.23. The van der Waals surface area contributed by atoms with Gasteiger partial charge in [-0.05, 0) is 57.4 Å². The molecule has 6 nitrogen and oxygen atoms in total. The van der Waals surface area contributed by atoms with Crippen LogP contribution in [0, 0.1) is 0 Å². The summed E-state index contributed by atoms with van der Waals surface area (Å²) in [5.74, 6) is -0.620. The molecule has 3 atom stereocenters. The van der Waals surface area contributed by atoms with Crippen molar-refractivity contribution in [1.29, 1.82) is 0 Å². The van der Waals surface area contributed by atoms with Gasteiger partial charge in [0.1, 0.15) is 6.10 Å². The number of ether oxygens (including phenoxy) is 1. The molecule has 0 aliphatic carbocycles. The highest BCUT2D eigenvalue weighted by Crippen LogP contribution is 2.17. The molecule has 394 valence electrons. The lowest BCUT2D eigenvalue weighted by Gasteiger charge is -2.23. The Labute approximate surface area is 421 Å². The number of nitrogens with one attached hydrogen (secondary N) is 1. The van der Waals surface area contributed by atoms with Gasteiger partial charge >= 0.3 is 5.97 Å². The van der Waals surface area contributed by atoms with Crippen molar-refractivity contribution in [3.05, 3.63) is 72.9 Å². The largest absolute Gasteiger partial charge is 0.458 e. The van der Waals surface area contributed by atoms with Crippen molar-refractivity contribution in [3.63, 3.8) is 0 Å². The summed E-state index contributed by atoms with van der Waals surface area (Å²) in [6.45, 7) is 6.36. The van der Waals surface area contributed by atoms with E-state index in [1.54, 1.807) is 0 Å². The molecule has 0 rings (SSSR count). The zero-order valence-electron chi connectivity index (χ0n) is 45.0. The van der Waals surface area contributed by atoms with Crippen LogP contribution in [-0.4, -0.2) is 46.9 Å². The summed E-state index contributed by atoms with van der Waals surface area (Å²) >= 11 is 0. The first-order chi connectivity index (χ1) is 33.5. The molecule has 0 fully saturated rings. The molecule has 0 saturated heterocycles. The summed E-state index contributed by atoms with van der Waals surface area (Å²) in [4.78, 5) is 26.2. The number of rotatable bonds is 52. The van der Waals surface area contributed by atoms with Gasteiger partial charge in [-0.25, -0.2) is 0 Å². The third-order valence-electron chi connectivity index (χ3n) is 13.0. The van der Waals surface area contributed by atoms with Crippen molar-refractivity contribution < 1.29 is 24.5 Å². The summed E-state index contributed by atoms with van der Waals surface area (Å²) in [6, 6.07) is -0.745. The minimum Gasteiger partial charge on any atom is -0.458 e. The van der Waals surface area contributed by atoms with E-state index >= 15 is 0 Å². The number of esters is 1. The molecule has 0 aromatic heterocycles. The predicted molar refractivity (Wildman–Crippen MR) is 296 cm³/mol. The molecular formula is C62H111NO5. The molecular weight excluding hydrogens is 839 g/mol. The van der Waals surface area contributed by atoms with Crippen LogP contribution in [0.15, 0.2) is 72.9 Å². The van der Waals surface area contributed by atoms with E-state index in [0.717, 1.165) is 70.6 Å². The van der Waals surface area contributed by atoms with Gasteiger partial charge in [-0.2, -0.15) is 0 Å². The third kappa shape index (κ3) is 49.7. The van der Waals surface area contributed by atoms with Gasteiger partial charge < -0.3 is 20.3 Å². The Morgan fingerprint density at radius 3 is 1.12 bits per heavy atom. The number of aliphatic hydroxyl groups is 2. The predicted octanol–water partition coefficient (Wildman–Crippen LogP) is 18.1. The molecule has 0 bridgehead atoms. The van der Waals surface area contributed by atoms with Crippen LogP contribution in [0.4, 0.5) is 0 Å². The quantitative estimate of drug-likeness (QED) is 0.0321. The number of aliphatic hydroxyl groups excluding tert-OH is 2. The van der Waals surface area contributed by atoms with E-state index in [0.29, 0.717) is 19.3 Å². The Morgan fingerprint density at radius 2 is 0.765 bits per heavy atom. The van der Waals surface area contributed by atoms with E-state index in [2.05, 4.69) is 86.8 Å². The van der Waals surface area contributed by atoms with Crippen molar-refractivity contribution in [2.75, 3.05) is 6.61 Å².